The molecular formula is C8H7BrN4O2. The number of aromatic nitrogens is 4. The highest BCUT2D eigenvalue weighted by molar-refractivity contribution is 9.10. The van der Waals surface area contributed by atoms with Crippen LogP contribution in [0.3, 0.4) is 0 Å². The third-order valence-corrected chi connectivity index (χ3v) is 2.30. The Morgan fingerprint density at radius 3 is 3.00 bits per heavy atom. The molecule has 1 N–H and O–H groups in total. The number of halogens is 1. The van der Waals surface area contributed by atoms with Crippen molar-refractivity contribution < 1.29 is 4.74 Å². The minimum atomic E-state index is -0.120. The maximum Gasteiger partial charge on any atom is 0.264 e. The van der Waals surface area contributed by atoms with Crippen LogP contribution in [0.25, 0.3) is 0 Å². The van der Waals surface area contributed by atoms with Crippen molar-refractivity contribution in [3.05, 3.63) is 33.3 Å². The zero-order valence-electron chi connectivity index (χ0n) is 7.77. The number of pyridine rings is 1. The van der Waals surface area contributed by atoms with Gasteiger partial charge in [-0.3, -0.25) is 4.79 Å². The van der Waals surface area contributed by atoms with E-state index in [-0.39, 0.29) is 5.56 Å². The van der Waals surface area contributed by atoms with Crippen LogP contribution < -0.4 is 10.3 Å². The highest BCUT2D eigenvalue weighted by Crippen LogP contribution is 2.19. The molecule has 2 aromatic rings. The molecule has 6 nitrogen and oxygen atoms in total. The number of H-pyrrole nitrogens is 1. The van der Waals surface area contributed by atoms with E-state index in [2.05, 4.69) is 31.3 Å². The molecule has 2 heterocycles. The highest BCUT2D eigenvalue weighted by Gasteiger charge is 2.04. The molecule has 2 aromatic heterocycles. The summed E-state index contributed by atoms with van der Waals surface area (Å²) in [6, 6.07) is 1.59. The average molecular weight is 271 g/mol. The summed E-state index contributed by atoms with van der Waals surface area (Å²) in [5, 5.41) is 9.62. The van der Waals surface area contributed by atoms with Gasteiger partial charge in [-0.15, -0.1) is 5.10 Å². The van der Waals surface area contributed by atoms with Crippen molar-refractivity contribution in [2.24, 2.45) is 7.05 Å². The molecule has 0 bridgehead atoms. The highest BCUT2D eigenvalue weighted by atomic mass is 79.9. The lowest BCUT2D eigenvalue weighted by molar-refractivity contribution is 0.455. The van der Waals surface area contributed by atoms with Gasteiger partial charge in [0.05, 0.1) is 4.47 Å². The van der Waals surface area contributed by atoms with E-state index in [9.17, 15) is 4.79 Å². The van der Waals surface area contributed by atoms with Gasteiger partial charge in [0, 0.05) is 19.3 Å². The predicted molar refractivity (Wildman–Crippen MR) is 55.8 cm³/mol. The normalized spacial score (nSPS) is 10.3. The molecule has 0 fully saturated rings. The summed E-state index contributed by atoms with van der Waals surface area (Å²) in [4.78, 5) is 11.4. The molecule has 0 aliphatic rings. The summed E-state index contributed by atoms with van der Waals surface area (Å²) >= 11 is 3.15. The van der Waals surface area contributed by atoms with Crippen LogP contribution in [0.15, 0.2) is 27.7 Å². The van der Waals surface area contributed by atoms with Gasteiger partial charge in [-0.2, -0.15) is 0 Å². The second kappa shape index (κ2) is 3.85. The van der Waals surface area contributed by atoms with Gasteiger partial charge in [-0.05, 0) is 15.9 Å². The molecule has 15 heavy (non-hydrogen) atoms. The lowest BCUT2D eigenvalue weighted by atomic mass is 10.4. The van der Waals surface area contributed by atoms with Gasteiger partial charge in [0.2, 0.25) is 5.88 Å². The molecule has 0 unspecified atom stereocenters. The van der Waals surface area contributed by atoms with Crippen molar-refractivity contribution in [2.75, 3.05) is 0 Å². The first-order valence-corrected chi connectivity index (χ1v) is 4.86. The number of rotatable bonds is 2. The number of ether oxygens (including phenoxy) is 1. The van der Waals surface area contributed by atoms with E-state index in [1.807, 2.05) is 0 Å². The molecular weight excluding hydrogens is 264 g/mol. The van der Waals surface area contributed by atoms with E-state index in [1.165, 1.54) is 10.8 Å². The summed E-state index contributed by atoms with van der Waals surface area (Å²) in [5.41, 5.74) is -0.120. The third-order valence-electron chi connectivity index (χ3n) is 1.74. The molecule has 7 heteroatoms. The lowest BCUT2D eigenvalue weighted by Gasteiger charge is -2.04. The average Bonchev–Trinajstić information content (AvgIpc) is 2.66. The van der Waals surface area contributed by atoms with E-state index >= 15 is 0 Å². The summed E-state index contributed by atoms with van der Waals surface area (Å²) in [6.07, 6.45) is 3.02. The van der Waals surface area contributed by atoms with Gasteiger partial charge < -0.3 is 9.30 Å². The molecule has 0 spiro atoms. The van der Waals surface area contributed by atoms with Crippen LogP contribution in [-0.4, -0.2) is 20.0 Å². The summed E-state index contributed by atoms with van der Waals surface area (Å²) in [7, 11) is 1.64. The monoisotopic (exact) mass is 270 g/mol. The van der Waals surface area contributed by atoms with Crippen LogP contribution in [0.4, 0.5) is 0 Å². The minimum Gasteiger partial charge on any atom is -0.436 e. The number of nitrogens with one attached hydrogen (secondary N) is 1. The molecule has 0 saturated carbocycles. The summed E-state index contributed by atoms with van der Waals surface area (Å²) in [5.74, 6) is 0.940. The maximum absolute atomic E-state index is 11.4. The first-order valence-electron chi connectivity index (χ1n) is 4.07. The van der Waals surface area contributed by atoms with E-state index in [0.717, 1.165) is 0 Å². The largest absolute Gasteiger partial charge is 0.436 e. The molecule has 0 saturated heterocycles. The van der Waals surface area contributed by atoms with Gasteiger partial charge in [-0.1, -0.05) is 5.21 Å². The topological polar surface area (TPSA) is 72.8 Å². The maximum atomic E-state index is 11.4. The molecule has 2 rings (SSSR count). The molecule has 0 aliphatic carbocycles. The summed E-state index contributed by atoms with van der Waals surface area (Å²) in [6.45, 7) is 0. The Morgan fingerprint density at radius 1 is 1.60 bits per heavy atom. The van der Waals surface area contributed by atoms with Gasteiger partial charge in [-0.25, -0.2) is 5.10 Å². The number of aryl methyl sites for hydroxylation is 1. The van der Waals surface area contributed by atoms with Crippen LogP contribution in [-0.2, 0) is 7.05 Å². The number of hydrogen-bond acceptors (Lipinski definition) is 4. The molecule has 0 aromatic carbocycles. The van der Waals surface area contributed by atoms with Crippen molar-refractivity contribution in [3.63, 3.8) is 0 Å². The summed E-state index contributed by atoms with van der Waals surface area (Å²) < 4.78 is 7.22. The molecule has 78 valence electrons. The number of aromatic amines is 1. The van der Waals surface area contributed by atoms with Crippen LogP contribution in [0.1, 0.15) is 0 Å². The van der Waals surface area contributed by atoms with E-state index in [0.29, 0.717) is 16.1 Å². The fraction of sp³-hybridized carbons (Fsp3) is 0.125. The zero-order valence-corrected chi connectivity index (χ0v) is 9.35. The smallest absolute Gasteiger partial charge is 0.264 e. The van der Waals surface area contributed by atoms with Gasteiger partial charge in [0.25, 0.3) is 5.56 Å². The quantitative estimate of drug-likeness (QED) is 0.886. The third kappa shape index (κ3) is 2.07. The first kappa shape index (κ1) is 9.91. The van der Waals surface area contributed by atoms with Crippen LogP contribution >= 0.6 is 15.9 Å². The second-order valence-electron chi connectivity index (χ2n) is 2.86. The Balaban J connectivity index is 2.34. The van der Waals surface area contributed by atoms with E-state index < -0.39 is 0 Å². The second-order valence-corrected chi connectivity index (χ2v) is 3.72. The predicted octanol–water partition coefficient (Wildman–Crippen LogP) is 1.06. The van der Waals surface area contributed by atoms with Crippen LogP contribution in [0.2, 0.25) is 0 Å². The van der Waals surface area contributed by atoms with Crippen LogP contribution in [0, 0.1) is 0 Å². The molecule has 0 aliphatic heterocycles. The van der Waals surface area contributed by atoms with Crippen molar-refractivity contribution in [2.45, 2.75) is 0 Å². The van der Waals surface area contributed by atoms with E-state index in [1.54, 1.807) is 19.3 Å². The fourth-order valence-electron chi connectivity index (χ4n) is 1.06. The lowest BCUT2D eigenvalue weighted by Crippen LogP contribution is -2.16. The Bertz CT molecular complexity index is 494. The van der Waals surface area contributed by atoms with Crippen molar-refractivity contribution >= 4 is 15.9 Å². The Hall–Kier alpha value is -1.63. The van der Waals surface area contributed by atoms with Gasteiger partial charge in [0.1, 0.15) is 11.9 Å². The standard InChI is InChI=1S/C8H7BrN4O2/c1-13-4-5(2-6(9)8(13)14)15-7-3-10-12-11-7/h2-4H,1H3,(H,10,11,12). The molecule has 0 atom stereocenters. The SMILES string of the molecule is Cn1cc(Oc2cnn[nH]2)cc(Br)c1=O. The van der Waals surface area contributed by atoms with Crippen molar-refractivity contribution in [1.82, 2.24) is 20.0 Å². The first-order chi connectivity index (χ1) is 7.16. The van der Waals surface area contributed by atoms with Crippen molar-refractivity contribution in [3.8, 4) is 11.6 Å². The zero-order chi connectivity index (χ0) is 10.8. The Labute approximate surface area is 93.0 Å². The fourth-order valence-corrected chi connectivity index (χ4v) is 1.57. The number of nitrogens with zero attached hydrogens (tertiary/aromatic N) is 3. The Morgan fingerprint density at radius 2 is 2.40 bits per heavy atom. The van der Waals surface area contributed by atoms with E-state index in [4.69, 9.17) is 4.74 Å². The van der Waals surface area contributed by atoms with Gasteiger partial charge >= 0.3 is 0 Å². The minimum absolute atomic E-state index is 0.120. The van der Waals surface area contributed by atoms with Gasteiger partial charge in [0.15, 0.2) is 0 Å². The number of hydrogen-bond donors (Lipinski definition) is 1. The van der Waals surface area contributed by atoms with Crippen LogP contribution in [0.5, 0.6) is 11.6 Å². The molecule has 0 radical (unpaired) electrons. The Kier molecular flexibility index (Phi) is 2.55. The molecule has 0 amide bonds. The van der Waals surface area contributed by atoms with Crippen molar-refractivity contribution in [1.29, 1.82) is 0 Å².